The summed E-state index contributed by atoms with van der Waals surface area (Å²) in [5.74, 6) is 1.16. The SMILES string of the molecule is CCc1nc2cccnc2n1[C@@H]1CCCNC1. The Bertz CT molecular complexity index is 511. The number of piperidine rings is 1. The number of nitrogens with zero attached hydrogens (tertiary/aromatic N) is 3. The fourth-order valence-electron chi connectivity index (χ4n) is 2.66. The predicted octanol–water partition coefficient (Wildman–Crippen LogP) is 1.92. The van der Waals surface area contributed by atoms with Crippen molar-refractivity contribution in [3.8, 4) is 0 Å². The lowest BCUT2D eigenvalue weighted by Gasteiger charge is -2.25. The molecule has 0 unspecified atom stereocenters. The van der Waals surface area contributed by atoms with Crippen molar-refractivity contribution in [3.05, 3.63) is 24.2 Å². The minimum Gasteiger partial charge on any atom is -0.315 e. The van der Waals surface area contributed by atoms with Gasteiger partial charge in [-0.3, -0.25) is 0 Å². The van der Waals surface area contributed by atoms with Crippen LogP contribution in [0, 0.1) is 0 Å². The molecule has 0 spiro atoms. The number of hydrogen-bond acceptors (Lipinski definition) is 3. The topological polar surface area (TPSA) is 42.7 Å². The summed E-state index contributed by atoms with van der Waals surface area (Å²) in [6, 6.07) is 4.52. The van der Waals surface area contributed by atoms with E-state index in [9.17, 15) is 0 Å². The van der Waals surface area contributed by atoms with Crippen LogP contribution >= 0.6 is 0 Å². The molecule has 17 heavy (non-hydrogen) atoms. The third-order valence-electron chi connectivity index (χ3n) is 3.47. The van der Waals surface area contributed by atoms with E-state index in [-0.39, 0.29) is 0 Å². The summed E-state index contributed by atoms with van der Waals surface area (Å²) < 4.78 is 2.33. The van der Waals surface area contributed by atoms with Gasteiger partial charge >= 0.3 is 0 Å². The summed E-state index contributed by atoms with van der Waals surface area (Å²) in [5, 5.41) is 3.46. The molecule has 0 bridgehead atoms. The molecule has 90 valence electrons. The van der Waals surface area contributed by atoms with E-state index in [1.807, 2.05) is 18.3 Å². The summed E-state index contributed by atoms with van der Waals surface area (Å²) in [5.41, 5.74) is 2.06. The van der Waals surface area contributed by atoms with Gasteiger partial charge < -0.3 is 9.88 Å². The maximum absolute atomic E-state index is 4.68. The fourth-order valence-corrected chi connectivity index (χ4v) is 2.66. The standard InChI is InChI=1S/C13H18N4/c1-2-12-16-11-6-4-8-15-13(11)17(12)10-5-3-7-14-9-10/h4,6,8,10,14H,2-3,5,7,9H2,1H3/t10-/m1/s1. The molecule has 0 aliphatic carbocycles. The van der Waals surface area contributed by atoms with E-state index in [0.29, 0.717) is 6.04 Å². The average molecular weight is 230 g/mol. The Morgan fingerprint density at radius 2 is 2.47 bits per heavy atom. The zero-order valence-electron chi connectivity index (χ0n) is 10.2. The van der Waals surface area contributed by atoms with Crippen LogP contribution in [0.15, 0.2) is 18.3 Å². The highest BCUT2D eigenvalue weighted by Gasteiger charge is 2.20. The molecule has 1 aliphatic heterocycles. The van der Waals surface area contributed by atoms with Gasteiger partial charge in [0, 0.05) is 25.2 Å². The van der Waals surface area contributed by atoms with Gasteiger partial charge in [0.15, 0.2) is 5.65 Å². The van der Waals surface area contributed by atoms with Gasteiger partial charge in [-0.15, -0.1) is 0 Å². The number of imidazole rings is 1. The summed E-state index contributed by atoms with van der Waals surface area (Å²) in [7, 11) is 0. The zero-order chi connectivity index (χ0) is 11.7. The molecule has 0 aromatic carbocycles. The van der Waals surface area contributed by atoms with Crippen LogP contribution in [0.4, 0.5) is 0 Å². The van der Waals surface area contributed by atoms with Crippen molar-refractivity contribution in [1.82, 2.24) is 19.9 Å². The highest BCUT2D eigenvalue weighted by atomic mass is 15.2. The molecule has 1 atom stereocenters. The Labute approximate surface area is 101 Å². The smallest absolute Gasteiger partial charge is 0.160 e. The molecule has 0 saturated carbocycles. The Hall–Kier alpha value is -1.42. The van der Waals surface area contributed by atoms with E-state index >= 15 is 0 Å². The van der Waals surface area contributed by atoms with E-state index in [1.54, 1.807) is 0 Å². The second kappa shape index (κ2) is 4.45. The Morgan fingerprint density at radius 1 is 1.53 bits per heavy atom. The second-order valence-electron chi connectivity index (χ2n) is 4.60. The number of aryl methyl sites for hydroxylation is 1. The molecular formula is C13H18N4. The first-order chi connectivity index (χ1) is 8.40. The van der Waals surface area contributed by atoms with Gasteiger partial charge in [-0.05, 0) is 31.5 Å². The largest absolute Gasteiger partial charge is 0.315 e. The lowest BCUT2D eigenvalue weighted by atomic mass is 10.1. The van der Waals surface area contributed by atoms with Crippen LogP contribution in [0.5, 0.6) is 0 Å². The first-order valence-electron chi connectivity index (χ1n) is 6.42. The molecule has 3 rings (SSSR count). The highest BCUT2D eigenvalue weighted by molar-refractivity contribution is 5.71. The van der Waals surface area contributed by atoms with Crippen molar-refractivity contribution in [3.63, 3.8) is 0 Å². The normalized spacial score (nSPS) is 20.9. The molecule has 1 saturated heterocycles. The van der Waals surface area contributed by atoms with Crippen molar-refractivity contribution >= 4 is 11.2 Å². The maximum atomic E-state index is 4.68. The maximum Gasteiger partial charge on any atom is 0.160 e. The zero-order valence-corrected chi connectivity index (χ0v) is 10.2. The molecule has 4 heteroatoms. The third kappa shape index (κ3) is 1.82. The molecule has 0 amide bonds. The first-order valence-corrected chi connectivity index (χ1v) is 6.42. The van der Waals surface area contributed by atoms with E-state index < -0.39 is 0 Å². The first kappa shape index (κ1) is 10.7. The molecule has 2 aromatic rings. The minimum absolute atomic E-state index is 0.513. The number of hydrogen-bond donors (Lipinski definition) is 1. The number of nitrogens with one attached hydrogen (secondary N) is 1. The van der Waals surface area contributed by atoms with Crippen LogP contribution in [-0.2, 0) is 6.42 Å². The van der Waals surface area contributed by atoms with Crippen molar-refractivity contribution in [2.24, 2.45) is 0 Å². The Morgan fingerprint density at radius 3 is 3.24 bits per heavy atom. The summed E-state index contributed by atoms with van der Waals surface area (Å²) >= 11 is 0. The fraction of sp³-hybridized carbons (Fsp3) is 0.538. The van der Waals surface area contributed by atoms with Crippen molar-refractivity contribution in [2.45, 2.75) is 32.2 Å². The van der Waals surface area contributed by atoms with E-state index in [0.717, 1.165) is 36.5 Å². The number of rotatable bonds is 2. The van der Waals surface area contributed by atoms with Crippen LogP contribution in [0.2, 0.25) is 0 Å². The molecule has 1 aliphatic rings. The molecule has 2 aromatic heterocycles. The number of pyridine rings is 1. The number of aromatic nitrogens is 3. The summed E-state index contributed by atoms with van der Waals surface area (Å²) in [4.78, 5) is 9.18. The van der Waals surface area contributed by atoms with Crippen LogP contribution < -0.4 is 5.32 Å². The lowest BCUT2D eigenvalue weighted by Crippen LogP contribution is -2.32. The van der Waals surface area contributed by atoms with Gasteiger partial charge in [0.2, 0.25) is 0 Å². The molecular weight excluding hydrogens is 212 g/mol. The summed E-state index contributed by atoms with van der Waals surface area (Å²) in [6.07, 6.45) is 5.28. The van der Waals surface area contributed by atoms with E-state index in [2.05, 4.69) is 26.8 Å². The van der Waals surface area contributed by atoms with Gasteiger partial charge in [-0.2, -0.15) is 0 Å². The van der Waals surface area contributed by atoms with Crippen molar-refractivity contribution in [2.75, 3.05) is 13.1 Å². The third-order valence-corrected chi connectivity index (χ3v) is 3.47. The number of fused-ring (bicyclic) bond motifs is 1. The lowest BCUT2D eigenvalue weighted by molar-refractivity contribution is 0.369. The summed E-state index contributed by atoms with van der Waals surface area (Å²) in [6.45, 7) is 4.33. The van der Waals surface area contributed by atoms with Crippen molar-refractivity contribution < 1.29 is 0 Å². The van der Waals surface area contributed by atoms with E-state index in [4.69, 9.17) is 0 Å². The van der Waals surface area contributed by atoms with Crippen LogP contribution in [-0.4, -0.2) is 27.6 Å². The van der Waals surface area contributed by atoms with E-state index in [1.165, 1.54) is 12.8 Å². The van der Waals surface area contributed by atoms with Gasteiger partial charge in [0.25, 0.3) is 0 Å². The second-order valence-corrected chi connectivity index (χ2v) is 4.60. The van der Waals surface area contributed by atoms with Gasteiger partial charge in [-0.25, -0.2) is 9.97 Å². The molecule has 3 heterocycles. The van der Waals surface area contributed by atoms with Gasteiger partial charge in [0.05, 0.1) is 0 Å². The Kier molecular flexibility index (Phi) is 2.81. The van der Waals surface area contributed by atoms with Crippen molar-refractivity contribution in [1.29, 1.82) is 0 Å². The molecule has 0 radical (unpaired) electrons. The molecule has 1 fully saturated rings. The Balaban J connectivity index is 2.11. The molecule has 4 nitrogen and oxygen atoms in total. The predicted molar refractivity (Wildman–Crippen MR) is 68.0 cm³/mol. The van der Waals surface area contributed by atoms with Gasteiger partial charge in [0.1, 0.15) is 11.3 Å². The monoisotopic (exact) mass is 230 g/mol. The average Bonchev–Trinajstić information content (AvgIpc) is 2.78. The molecule has 1 N–H and O–H groups in total. The quantitative estimate of drug-likeness (QED) is 0.857. The van der Waals surface area contributed by atoms with Crippen LogP contribution in [0.1, 0.15) is 31.6 Å². The van der Waals surface area contributed by atoms with Crippen LogP contribution in [0.3, 0.4) is 0 Å². The van der Waals surface area contributed by atoms with Gasteiger partial charge in [-0.1, -0.05) is 6.92 Å². The minimum atomic E-state index is 0.513. The highest BCUT2D eigenvalue weighted by Crippen LogP contribution is 2.24. The van der Waals surface area contributed by atoms with Crippen LogP contribution in [0.25, 0.3) is 11.2 Å².